The second-order valence-electron chi connectivity index (χ2n) is 5.63. The molecule has 1 fully saturated rings. The molecule has 9 heteroatoms. The number of amides is 1. The van der Waals surface area contributed by atoms with Gasteiger partial charge >= 0.3 is 0 Å². The summed E-state index contributed by atoms with van der Waals surface area (Å²) < 4.78 is 10.9. The summed E-state index contributed by atoms with van der Waals surface area (Å²) in [6.45, 7) is 2.84. The second-order valence-corrected chi connectivity index (χ2v) is 5.63. The first-order chi connectivity index (χ1) is 12.6. The Hall–Kier alpha value is -3.20. The van der Waals surface area contributed by atoms with Gasteiger partial charge in [0.15, 0.2) is 5.88 Å². The highest BCUT2D eigenvalue weighted by atomic mass is 16.6. The smallest absolute Gasteiger partial charge is 0.273 e. The summed E-state index contributed by atoms with van der Waals surface area (Å²) in [5, 5.41) is 14.8. The zero-order chi connectivity index (χ0) is 18.4. The van der Waals surface area contributed by atoms with Crippen molar-refractivity contribution in [1.82, 2.24) is 5.43 Å². The first-order valence-corrected chi connectivity index (χ1v) is 8.10. The highest BCUT2D eigenvalue weighted by Gasteiger charge is 2.16. The van der Waals surface area contributed by atoms with E-state index in [1.807, 2.05) is 6.07 Å². The van der Waals surface area contributed by atoms with Gasteiger partial charge in [-0.2, -0.15) is 5.10 Å². The minimum atomic E-state index is -0.512. The standard InChI is InChI=1S/C17H18N4O5/c22-16(11-13-3-1-2-4-15(13)21(23)24)19-18-12-14-5-6-17(26-14)20-7-9-25-10-8-20/h1-6,12H,7-11H2,(H,19,22)/b18-12+. The number of benzene rings is 1. The van der Waals surface area contributed by atoms with Crippen molar-refractivity contribution in [3.63, 3.8) is 0 Å². The van der Waals surface area contributed by atoms with Crippen LogP contribution in [-0.4, -0.2) is 43.3 Å². The topological polar surface area (TPSA) is 110 Å². The van der Waals surface area contributed by atoms with E-state index in [4.69, 9.17) is 9.15 Å². The molecule has 1 aromatic carbocycles. The van der Waals surface area contributed by atoms with Gasteiger partial charge in [-0.15, -0.1) is 0 Å². The Balaban J connectivity index is 1.55. The maximum atomic E-state index is 11.9. The van der Waals surface area contributed by atoms with E-state index in [-0.39, 0.29) is 12.1 Å². The van der Waals surface area contributed by atoms with Crippen LogP contribution < -0.4 is 10.3 Å². The predicted molar refractivity (Wildman–Crippen MR) is 94.3 cm³/mol. The summed E-state index contributed by atoms with van der Waals surface area (Å²) >= 11 is 0. The van der Waals surface area contributed by atoms with E-state index in [1.54, 1.807) is 24.3 Å². The molecular formula is C17H18N4O5. The first kappa shape index (κ1) is 17.6. The molecule has 0 aliphatic carbocycles. The van der Waals surface area contributed by atoms with Crippen LogP contribution in [0.3, 0.4) is 0 Å². The van der Waals surface area contributed by atoms with E-state index in [0.717, 1.165) is 19.0 Å². The van der Waals surface area contributed by atoms with Gasteiger partial charge in [0.1, 0.15) is 5.76 Å². The molecule has 2 heterocycles. The van der Waals surface area contributed by atoms with Gasteiger partial charge in [0.05, 0.1) is 30.8 Å². The lowest BCUT2D eigenvalue weighted by Crippen LogP contribution is -2.35. The number of furan rings is 1. The molecule has 1 aromatic heterocycles. The lowest BCUT2D eigenvalue weighted by molar-refractivity contribution is -0.385. The van der Waals surface area contributed by atoms with Crippen LogP contribution >= 0.6 is 0 Å². The van der Waals surface area contributed by atoms with E-state index in [0.29, 0.717) is 24.5 Å². The van der Waals surface area contributed by atoms with Crippen molar-refractivity contribution >= 4 is 23.7 Å². The van der Waals surface area contributed by atoms with Gasteiger partial charge in [-0.3, -0.25) is 14.9 Å². The Morgan fingerprint density at radius 3 is 2.81 bits per heavy atom. The fraction of sp³-hybridized carbons (Fsp3) is 0.294. The van der Waals surface area contributed by atoms with E-state index < -0.39 is 10.8 Å². The fourth-order valence-electron chi connectivity index (χ4n) is 2.58. The molecule has 1 saturated heterocycles. The molecule has 9 nitrogen and oxygen atoms in total. The van der Waals surface area contributed by atoms with Crippen molar-refractivity contribution in [2.45, 2.75) is 6.42 Å². The molecule has 1 amide bonds. The summed E-state index contributed by atoms with van der Waals surface area (Å²) in [4.78, 5) is 24.4. The first-order valence-electron chi connectivity index (χ1n) is 8.10. The number of nitrogens with one attached hydrogen (secondary N) is 1. The van der Waals surface area contributed by atoms with Crippen molar-refractivity contribution in [2.75, 3.05) is 31.2 Å². The Kier molecular flexibility index (Phi) is 5.59. The minimum Gasteiger partial charge on any atom is -0.440 e. The zero-order valence-electron chi connectivity index (χ0n) is 14.0. The van der Waals surface area contributed by atoms with Crippen LogP contribution in [0.4, 0.5) is 11.6 Å². The Morgan fingerprint density at radius 1 is 1.27 bits per heavy atom. The maximum Gasteiger partial charge on any atom is 0.273 e. The average molecular weight is 358 g/mol. The van der Waals surface area contributed by atoms with Gasteiger partial charge in [-0.25, -0.2) is 5.43 Å². The molecule has 1 aliphatic heterocycles. The number of morpholine rings is 1. The number of nitro groups is 1. The Bertz CT molecular complexity index is 811. The summed E-state index contributed by atoms with van der Waals surface area (Å²) in [5.41, 5.74) is 2.59. The molecule has 0 atom stereocenters. The minimum absolute atomic E-state index is 0.0900. The third-order valence-electron chi connectivity index (χ3n) is 3.86. The monoisotopic (exact) mass is 358 g/mol. The summed E-state index contributed by atoms with van der Waals surface area (Å²) in [5.74, 6) is 0.772. The second kappa shape index (κ2) is 8.26. The predicted octanol–water partition coefficient (Wildman–Crippen LogP) is 1.72. The SMILES string of the molecule is O=C(Cc1ccccc1[N+](=O)[O-])N/N=C/c1ccc(N2CCOCC2)o1. The quantitative estimate of drug-likeness (QED) is 0.478. The van der Waals surface area contributed by atoms with Gasteiger partial charge in [-0.1, -0.05) is 18.2 Å². The molecule has 136 valence electrons. The molecular weight excluding hydrogens is 340 g/mol. The zero-order valence-corrected chi connectivity index (χ0v) is 14.0. The summed E-state index contributed by atoms with van der Waals surface area (Å²) in [6, 6.07) is 9.70. The lowest BCUT2D eigenvalue weighted by atomic mass is 10.1. The third-order valence-corrected chi connectivity index (χ3v) is 3.86. The van der Waals surface area contributed by atoms with Crippen LogP contribution in [0, 0.1) is 10.1 Å². The maximum absolute atomic E-state index is 11.9. The number of nitrogens with zero attached hydrogens (tertiary/aromatic N) is 3. The number of hydrogen-bond acceptors (Lipinski definition) is 7. The molecule has 1 aliphatic rings. The molecule has 0 saturated carbocycles. The van der Waals surface area contributed by atoms with Crippen LogP contribution in [0.15, 0.2) is 45.9 Å². The number of hydrazone groups is 1. The van der Waals surface area contributed by atoms with Gasteiger partial charge in [0, 0.05) is 30.8 Å². The van der Waals surface area contributed by atoms with E-state index in [9.17, 15) is 14.9 Å². The van der Waals surface area contributed by atoms with Crippen LogP contribution in [0.5, 0.6) is 0 Å². The summed E-state index contributed by atoms with van der Waals surface area (Å²) in [7, 11) is 0. The number of carbonyl (C=O) groups excluding carboxylic acids is 1. The fourth-order valence-corrected chi connectivity index (χ4v) is 2.58. The van der Waals surface area contributed by atoms with Crippen LogP contribution in [0.1, 0.15) is 11.3 Å². The van der Waals surface area contributed by atoms with Gasteiger partial charge in [-0.05, 0) is 6.07 Å². The van der Waals surface area contributed by atoms with E-state index in [1.165, 1.54) is 12.3 Å². The molecule has 0 spiro atoms. The number of nitro benzene ring substituents is 1. The largest absolute Gasteiger partial charge is 0.440 e. The van der Waals surface area contributed by atoms with Crippen LogP contribution in [-0.2, 0) is 16.0 Å². The number of carbonyl (C=O) groups is 1. The van der Waals surface area contributed by atoms with Crippen molar-refractivity contribution in [3.8, 4) is 0 Å². The Morgan fingerprint density at radius 2 is 2.04 bits per heavy atom. The molecule has 1 N–H and O–H groups in total. The molecule has 0 unspecified atom stereocenters. The van der Waals surface area contributed by atoms with E-state index in [2.05, 4.69) is 15.4 Å². The molecule has 26 heavy (non-hydrogen) atoms. The highest BCUT2D eigenvalue weighted by molar-refractivity contribution is 5.82. The molecule has 3 rings (SSSR count). The normalized spacial score (nSPS) is 14.5. The number of hydrogen-bond donors (Lipinski definition) is 1. The molecule has 2 aromatic rings. The lowest BCUT2D eigenvalue weighted by Gasteiger charge is -2.26. The molecule has 0 bridgehead atoms. The van der Waals surface area contributed by atoms with Gasteiger partial charge in [0.25, 0.3) is 5.69 Å². The number of para-hydroxylation sites is 1. The van der Waals surface area contributed by atoms with E-state index >= 15 is 0 Å². The highest BCUT2D eigenvalue weighted by Crippen LogP contribution is 2.19. The van der Waals surface area contributed by atoms with Crippen molar-refractivity contribution < 1.29 is 18.9 Å². The average Bonchev–Trinajstić information content (AvgIpc) is 3.11. The Labute approximate surface area is 149 Å². The molecule has 0 radical (unpaired) electrons. The number of ether oxygens (including phenoxy) is 1. The van der Waals surface area contributed by atoms with Crippen LogP contribution in [0.25, 0.3) is 0 Å². The van der Waals surface area contributed by atoms with Gasteiger partial charge in [0.2, 0.25) is 5.91 Å². The summed E-state index contributed by atoms with van der Waals surface area (Å²) in [6.07, 6.45) is 1.26. The number of anilines is 1. The van der Waals surface area contributed by atoms with Gasteiger partial charge < -0.3 is 14.1 Å². The van der Waals surface area contributed by atoms with Crippen LogP contribution in [0.2, 0.25) is 0 Å². The third kappa shape index (κ3) is 4.45. The van der Waals surface area contributed by atoms with Crippen molar-refractivity contribution in [2.24, 2.45) is 5.10 Å². The van der Waals surface area contributed by atoms with Crippen molar-refractivity contribution in [3.05, 3.63) is 57.8 Å². The number of rotatable bonds is 6. The van der Waals surface area contributed by atoms with Crippen molar-refractivity contribution in [1.29, 1.82) is 0 Å².